The van der Waals surface area contributed by atoms with E-state index >= 15 is 0 Å². The van der Waals surface area contributed by atoms with Gasteiger partial charge in [0, 0.05) is 18.3 Å². The molecule has 2 aromatic carbocycles. The maximum atomic E-state index is 13.2. The summed E-state index contributed by atoms with van der Waals surface area (Å²) in [6, 6.07) is 12.7. The number of rotatable bonds is 6. The van der Waals surface area contributed by atoms with Gasteiger partial charge in [-0.05, 0) is 87.0 Å². The Morgan fingerprint density at radius 1 is 1.00 bits per heavy atom. The second-order valence-corrected chi connectivity index (χ2v) is 8.32. The monoisotopic (exact) mass is 399 g/mol. The topological polar surface area (TPSA) is 44.4 Å². The molecule has 1 saturated carbocycles. The van der Waals surface area contributed by atoms with Crippen LogP contribution in [-0.2, 0) is 6.42 Å². The normalized spacial score (nSPS) is 20.8. The number of carbonyl (C=O) groups excluding carboxylic acids is 1. The molecule has 0 radical (unpaired) electrons. The maximum absolute atomic E-state index is 13.2. The molecule has 0 aromatic heterocycles. The third-order valence-electron chi connectivity index (χ3n) is 6.18. The van der Waals surface area contributed by atoms with Crippen LogP contribution in [0.15, 0.2) is 48.5 Å². The van der Waals surface area contributed by atoms with Gasteiger partial charge >= 0.3 is 6.03 Å². The van der Waals surface area contributed by atoms with Gasteiger partial charge in [0.1, 0.15) is 11.6 Å². The Labute approximate surface area is 170 Å². The highest BCUT2D eigenvalue weighted by Crippen LogP contribution is 2.35. The highest BCUT2D eigenvalue weighted by molar-refractivity contribution is 5.89. The summed E-state index contributed by atoms with van der Waals surface area (Å²) in [6.07, 6.45) is 6.19. The summed E-state index contributed by atoms with van der Waals surface area (Å²) in [5.41, 5.74) is 1.51. The van der Waals surface area contributed by atoms with Crippen molar-refractivity contribution >= 4 is 11.7 Å². The Balaban J connectivity index is 1.36. The van der Waals surface area contributed by atoms with Crippen LogP contribution in [0, 0.1) is 11.6 Å². The molecule has 6 heteroatoms. The van der Waals surface area contributed by atoms with E-state index in [-0.39, 0.29) is 23.2 Å². The highest BCUT2D eigenvalue weighted by atomic mass is 19.1. The second-order valence-electron chi connectivity index (χ2n) is 8.32. The number of anilines is 1. The molecule has 2 aliphatic rings. The first-order chi connectivity index (χ1) is 14.0. The largest absolute Gasteiger partial charge is 0.331 e. The van der Waals surface area contributed by atoms with Crippen LogP contribution in [0.1, 0.15) is 37.7 Å². The average Bonchev–Trinajstić information content (AvgIpc) is 3.10. The first-order valence-corrected chi connectivity index (χ1v) is 10.3. The van der Waals surface area contributed by atoms with Crippen molar-refractivity contribution in [2.75, 3.05) is 18.4 Å². The molecule has 1 aliphatic carbocycles. The molecule has 4 rings (SSSR count). The van der Waals surface area contributed by atoms with Crippen LogP contribution in [0.3, 0.4) is 0 Å². The van der Waals surface area contributed by atoms with E-state index in [9.17, 15) is 13.6 Å². The van der Waals surface area contributed by atoms with Gasteiger partial charge in [-0.3, -0.25) is 4.90 Å². The molecule has 2 aromatic rings. The van der Waals surface area contributed by atoms with Crippen molar-refractivity contribution in [2.24, 2.45) is 0 Å². The third kappa shape index (κ3) is 4.93. The van der Waals surface area contributed by atoms with Gasteiger partial charge in [-0.15, -0.1) is 0 Å². The molecule has 1 unspecified atom stereocenters. The number of likely N-dealkylation sites (tertiary alicyclic amines) is 1. The van der Waals surface area contributed by atoms with Gasteiger partial charge in [0.2, 0.25) is 0 Å². The minimum absolute atomic E-state index is 0.207. The van der Waals surface area contributed by atoms with Crippen molar-refractivity contribution in [1.82, 2.24) is 10.2 Å². The molecule has 1 heterocycles. The van der Waals surface area contributed by atoms with Crippen LogP contribution in [0.5, 0.6) is 0 Å². The van der Waals surface area contributed by atoms with Crippen molar-refractivity contribution in [1.29, 1.82) is 0 Å². The second kappa shape index (κ2) is 8.49. The molecule has 0 spiro atoms. The van der Waals surface area contributed by atoms with E-state index in [0.29, 0.717) is 11.7 Å². The fourth-order valence-electron chi connectivity index (χ4n) is 4.48. The first kappa shape index (κ1) is 19.8. The number of nitrogens with one attached hydrogen (secondary N) is 2. The number of hydrogen-bond acceptors (Lipinski definition) is 2. The Kier molecular flexibility index (Phi) is 5.81. The fraction of sp³-hybridized carbons (Fsp3) is 0.435. The molecular formula is C23H27F2N3O. The summed E-state index contributed by atoms with van der Waals surface area (Å²) < 4.78 is 26.2. The molecule has 0 bridgehead atoms. The van der Waals surface area contributed by atoms with Crippen molar-refractivity contribution in [3.63, 3.8) is 0 Å². The van der Waals surface area contributed by atoms with Crippen LogP contribution < -0.4 is 10.6 Å². The molecule has 2 N–H and O–H groups in total. The average molecular weight is 399 g/mol. The van der Waals surface area contributed by atoms with Gasteiger partial charge < -0.3 is 10.6 Å². The lowest BCUT2D eigenvalue weighted by Crippen LogP contribution is -2.61. The number of benzene rings is 2. The van der Waals surface area contributed by atoms with Gasteiger partial charge in [0.15, 0.2) is 0 Å². The minimum Gasteiger partial charge on any atom is -0.331 e. The van der Waals surface area contributed by atoms with E-state index in [0.717, 1.165) is 57.2 Å². The molecule has 1 aliphatic heterocycles. The number of amides is 2. The predicted molar refractivity (Wildman–Crippen MR) is 110 cm³/mol. The van der Waals surface area contributed by atoms with E-state index in [1.54, 1.807) is 12.1 Å². The summed E-state index contributed by atoms with van der Waals surface area (Å²) in [4.78, 5) is 15.0. The number of urea groups is 1. The van der Waals surface area contributed by atoms with E-state index in [2.05, 4.69) is 15.5 Å². The minimum atomic E-state index is -0.326. The van der Waals surface area contributed by atoms with Crippen molar-refractivity contribution in [3.05, 3.63) is 65.7 Å². The number of nitrogens with zero attached hydrogens (tertiary/aromatic N) is 1. The lowest BCUT2D eigenvalue weighted by molar-refractivity contribution is 0.109. The first-order valence-electron chi connectivity index (χ1n) is 10.3. The predicted octanol–water partition coefficient (Wildman–Crippen LogP) is 4.72. The summed E-state index contributed by atoms with van der Waals surface area (Å²) >= 11 is 0. The molecule has 1 atom stereocenters. The van der Waals surface area contributed by atoms with Crippen LogP contribution in [0.2, 0.25) is 0 Å². The summed E-state index contributed by atoms with van der Waals surface area (Å²) in [5.74, 6) is -0.533. The van der Waals surface area contributed by atoms with Crippen molar-refractivity contribution in [3.8, 4) is 0 Å². The van der Waals surface area contributed by atoms with Crippen molar-refractivity contribution < 1.29 is 13.6 Å². The third-order valence-corrected chi connectivity index (χ3v) is 6.18. The molecule has 1 saturated heterocycles. The summed E-state index contributed by atoms with van der Waals surface area (Å²) in [7, 11) is 0. The Hall–Kier alpha value is -2.47. The van der Waals surface area contributed by atoms with Gasteiger partial charge in [-0.1, -0.05) is 12.1 Å². The van der Waals surface area contributed by atoms with Crippen molar-refractivity contribution in [2.45, 2.75) is 50.1 Å². The molecule has 29 heavy (non-hydrogen) atoms. The Morgan fingerprint density at radius 2 is 1.66 bits per heavy atom. The Bertz CT molecular complexity index is 834. The molecule has 2 amide bonds. The quantitative estimate of drug-likeness (QED) is 0.739. The fourth-order valence-corrected chi connectivity index (χ4v) is 4.48. The number of hydrogen-bond donors (Lipinski definition) is 2. The highest BCUT2D eigenvalue weighted by Gasteiger charge is 2.42. The van der Waals surface area contributed by atoms with Gasteiger partial charge in [0.25, 0.3) is 0 Å². The number of halogens is 2. The maximum Gasteiger partial charge on any atom is 0.319 e. The summed E-state index contributed by atoms with van der Waals surface area (Å²) in [5, 5.41) is 5.98. The summed E-state index contributed by atoms with van der Waals surface area (Å²) in [6.45, 7) is 1.85. The van der Waals surface area contributed by atoms with E-state index < -0.39 is 0 Å². The van der Waals surface area contributed by atoms with Gasteiger partial charge in [0.05, 0.1) is 5.54 Å². The van der Waals surface area contributed by atoms with Gasteiger partial charge in [-0.2, -0.15) is 0 Å². The Morgan fingerprint density at radius 3 is 2.28 bits per heavy atom. The van der Waals surface area contributed by atoms with E-state index in [4.69, 9.17) is 0 Å². The lowest BCUT2D eigenvalue weighted by atomic mass is 9.76. The zero-order valence-corrected chi connectivity index (χ0v) is 16.5. The van der Waals surface area contributed by atoms with Crippen LogP contribution >= 0.6 is 0 Å². The smallest absolute Gasteiger partial charge is 0.319 e. The molecule has 154 valence electrons. The standard InChI is InChI=1S/C23H27F2N3O/c24-18-6-4-17(5-7-18)15-21-3-1-14-28(21)16-23(12-2-13-23)27-22(29)26-20-10-8-19(25)9-11-20/h4-11,21H,1-3,12-16H2,(H2,26,27,29). The SMILES string of the molecule is O=C(Nc1ccc(F)cc1)NC1(CN2CCCC2Cc2ccc(F)cc2)CCC1. The van der Waals surface area contributed by atoms with Crippen LogP contribution in [-0.4, -0.2) is 35.6 Å². The number of carbonyl (C=O) groups is 1. The molecule has 2 fully saturated rings. The molecule has 4 nitrogen and oxygen atoms in total. The van der Waals surface area contributed by atoms with E-state index in [1.165, 1.54) is 24.3 Å². The molecular weight excluding hydrogens is 372 g/mol. The van der Waals surface area contributed by atoms with Crippen LogP contribution in [0.4, 0.5) is 19.3 Å². The zero-order valence-electron chi connectivity index (χ0n) is 16.5. The zero-order chi connectivity index (χ0) is 20.3. The van der Waals surface area contributed by atoms with Crippen LogP contribution in [0.25, 0.3) is 0 Å². The lowest BCUT2D eigenvalue weighted by Gasteiger charge is -2.46. The van der Waals surface area contributed by atoms with E-state index in [1.807, 2.05) is 12.1 Å². The van der Waals surface area contributed by atoms with Gasteiger partial charge in [-0.25, -0.2) is 13.6 Å².